The molecule has 0 aliphatic heterocycles. The fourth-order valence-electron chi connectivity index (χ4n) is 1.50. The first-order valence-corrected chi connectivity index (χ1v) is 7.30. The van der Waals surface area contributed by atoms with Crippen LogP contribution >= 0.6 is 11.6 Å². The van der Waals surface area contributed by atoms with Crippen molar-refractivity contribution < 1.29 is 8.42 Å². The minimum atomic E-state index is -3.68. The molecular formula is C12H12ClN3O2S. The lowest BCUT2D eigenvalue weighted by molar-refractivity contribution is 0.601. The second-order valence-corrected chi connectivity index (χ2v) is 5.89. The Morgan fingerprint density at radius 2 is 2.11 bits per heavy atom. The minimum Gasteiger partial charge on any atom is -0.326 e. The molecule has 19 heavy (non-hydrogen) atoms. The Balaban J connectivity index is 2.32. The quantitative estimate of drug-likeness (QED) is 0.904. The maximum atomic E-state index is 12.1. The topological polar surface area (TPSA) is 85.1 Å². The number of hydrogen-bond donors (Lipinski definition) is 2. The zero-order valence-corrected chi connectivity index (χ0v) is 11.4. The van der Waals surface area contributed by atoms with Gasteiger partial charge in [-0.3, -0.25) is 9.71 Å². The van der Waals surface area contributed by atoms with Crippen LogP contribution in [0.5, 0.6) is 0 Å². The van der Waals surface area contributed by atoms with E-state index in [4.69, 9.17) is 17.3 Å². The molecule has 0 saturated carbocycles. The van der Waals surface area contributed by atoms with E-state index in [-0.39, 0.29) is 11.4 Å². The van der Waals surface area contributed by atoms with Crippen LogP contribution in [0.15, 0.2) is 47.6 Å². The van der Waals surface area contributed by atoms with Crippen molar-refractivity contribution >= 4 is 27.3 Å². The van der Waals surface area contributed by atoms with Gasteiger partial charge in [-0.2, -0.15) is 0 Å². The lowest BCUT2D eigenvalue weighted by Crippen LogP contribution is -2.13. The Morgan fingerprint density at radius 3 is 2.68 bits per heavy atom. The highest BCUT2D eigenvalue weighted by Crippen LogP contribution is 2.22. The van der Waals surface area contributed by atoms with Crippen molar-refractivity contribution in [2.45, 2.75) is 11.4 Å². The van der Waals surface area contributed by atoms with E-state index < -0.39 is 10.0 Å². The smallest absolute Gasteiger partial charge is 0.261 e. The number of nitrogens with two attached hydrogens (primary N) is 1. The summed E-state index contributed by atoms with van der Waals surface area (Å²) in [6.45, 7) is 0.259. The Morgan fingerprint density at radius 1 is 1.32 bits per heavy atom. The van der Waals surface area contributed by atoms with Gasteiger partial charge in [0.05, 0.1) is 16.8 Å². The molecule has 0 fully saturated rings. The number of halogens is 1. The van der Waals surface area contributed by atoms with Crippen molar-refractivity contribution in [3.8, 4) is 0 Å². The molecule has 5 nitrogen and oxygen atoms in total. The predicted octanol–water partition coefficient (Wildman–Crippen LogP) is 1.99. The Bertz CT molecular complexity index is 675. The van der Waals surface area contributed by atoms with Crippen LogP contribution in [0.25, 0.3) is 0 Å². The molecule has 0 unspecified atom stereocenters. The third kappa shape index (κ3) is 3.23. The van der Waals surface area contributed by atoms with Gasteiger partial charge in [-0.25, -0.2) is 8.42 Å². The summed E-state index contributed by atoms with van der Waals surface area (Å²) >= 11 is 5.95. The van der Waals surface area contributed by atoms with Crippen molar-refractivity contribution in [2.24, 2.45) is 5.73 Å². The van der Waals surface area contributed by atoms with E-state index in [0.717, 1.165) is 0 Å². The van der Waals surface area contributed by atoms with Crippen molar-refractivity contribution in [2.75, 3.05) is 4.72 Å². The Labute approximate surface area is 116 Å². The number of sulfonamides is 1. The number of nitrogens with one attached hydrogen (secondary N) is 1. The molecule has 0 atom stereocenters. The number of rotatable bonds is 4. The Hall–Kier alpha value is -1.63. The van der Waals surface area contributed by atoms with Gasteiger partial charge in [0.15, 0.2) is 0 Å². The number of nitrogens with zero attached hydrogens (tertiary/aromatic N) is 1. The number of anilines is 1. The maximum absolute atomic E-state index is 12.1. The predicted molar refractivity (Wildman–Crippen MR) is 74.4 cm³/mol. The summed E-state index contributed by atoms with van der Waals surface area (Å²) in [6.07, 6.45) is 2.98. The lowest BCUT2D eigenvalue weighted by Gasteiger charge is -2.09. The van der Waals surface area contributed by atoms with E-state index in [9.17, 15) is 8.42 Å². The second-order valence-electron chi connectivity index (χ2n) is 3.80. The lowest BCUT2D eigenvalue weighted by atomic mass is 10.2. The van der Waals surface area contributed by atoms with E-state index in [0.29, 0.717) is 16.3 Å². The van der Waals surface area contributed by atoms with Gasteiger partial charge in [0, 0.05) is 17.8 Å². The number of benzene rings is 1. The molecule has 0 radical (unpaired) electrons. The van der Waals surface area contributed by atoms with E-state index in [1.165, 1.54) is 18.3 Å². The second kappa shape index (κ2) is 5.56. The van der Waals surface area contributed by atoms with Crippen LogP contribution in [-0.2, 0) is 16.6 Å². The van der Waals surface area contributed by atoms with Gasteiger partial charge in [-0.05, 0) is 29.8 Å². The fourth-order valence-corrected chi connectivity index (χ4v) is 2.89. The first kappa shape index (κ1) is 13.8. The average Bonchev–Trinajstić information content (AvgIpc) is 2.39. The summed E-state index contributed by atoms with van der Waals surface area (Å²) < 4.78 is 26.7. The first-order valence-electron chi connectivity index (χ1n) is 5.44. The van der Waals surface area contributed by atoms with Gasteiger partial charge >= 0.3 is 0 Å². The van der Waals surface area contributed by atoms with Crippen molar-refractivity contribution in [1.29, 1.82) is 0 Å². The van der Waals surface area contributed by atoms with Gasteiger partial charge in [0.2, 0.25) is 0 Å². The van der Waals surface area contributed by atoms with Crippen molar-refractivity contribution in [3.63, 3.8) is 0 Å². The van der Waals surface area contributed by atoms with E-state index >= 15 is 0 Å². The molecule has 2 rings (SSSR count). The summed E-state index contributed by atoms with van der Waals surface area (Å²) in [5.74, 6) is 0. The molecule has 1 aromatic heterocycles. The van der Waals surface area contributed by atoms with Gasteiger partial charge in [0.25, 0.3) is 10.0 Å². The van der Waals surface area contributed by atoms with E-state index in [1.54, 1.807) is 24.4 Å². The molecule has 0 aliphatic rings. The zero-order valence-electron chi connectivity index (χ0n) is 9.88. The summed E-state index contributed by atoms with van der Waals surface area (Å²) in [4.78, 5) is 3.92. The standard InChI is InChI=1S/C12H12ClN3O2S/c13-12-6-11(4-3-9(12)7-14)19(17,18)16-10-2-1-5-15-8-10/h1-6,8,16H,7,14H2. The van der Waals surface area contributed by atoms with E-state index in [1.807, 2.05) is 0 Å². The van der Waals surface area contributed by atoms with Gasteiger partial charge in [-0.15, -0.1) is 0 Å². The molecule has 0 spiro atoms. The van der Waals surface area contributed by atoms with Crippen molar-refractivity contribution in [1.82, 2.24) is 4.98 Å². The molecule has 0 amide bonds. The van der Waals surface area contributed by atoms with Crippen LogP contribution in [0, 0.1) is 0 Å². The highest BCUT2D eigenvalue weighted by molar-refractivity contribution is 7.92. The van der Waals surface area contributed by atoms with Crippen LogP contribution in [-0.4, -0.2) is 13.4 Å². The third-order valence-electron chi connectivity index (χ3n) is 2.47. The first-order chi connectivity index (χ1) is 9.03. The van der Waals surface area contributed by atoms with E-state index in [2.05, 4.69) is 9.71 Å². The molecular weight excluding hydrogens is 286 g/mol. The molecule has 0 bridgehead atoms. The maximum Gasteiger partial charge on any atom is 0.261 e. The van der Waals surface area contributed by atoms with Crippen LogP contribution in [0.3, 0.4) is 0 Å². The molecule has 0 aliphatic carbocycles. The normalized spacial score (nSPS) is 11.3. The van der Waals surface area contributed by atoms with Crippen LogP contribution < -0.4 is 10.5 Å². The fraction of sp³-hybridized carbons (Fsp3) is 0.0833. The van der Waals surface area contributed by atoms with Crippen LogP contribution in [0.4, 0.5) is 5.69 Å². The molecule has 7 heteroatoms. The highest BCUT2D eigenvalue weighted by Gasteiger charge is 2.15. The van der Waals surface area contributed by atoms with Gasteiger partial charge in [-0.1, -0.05) is 17.7 Å². The molecule has 2 aromatic rings. The summed E-state index contributed by atoms with van der Waals surface area (Å²) in [7, 11) is -3.68. The number of hydrogen-bond acceptors (Lipinski definition) is 4. The molecule has 100 valence electrons. The van der Waals surface area contributed by atoms with Crippen LogP contribution in [0.1, 0.15) is 5.56 Å². The largest absolute Gasteiger partial charge is 0.326 e. The third-order valence-corrected chi connectivity index (χ3v) is 4.20. The van der Waals surface area contributed by atoms with Gasteiger partial charge in [0.1, 0.15) is 0 Å². The molecule has 0 saturated heterocycles. The molecule has 1 aromatic carbocycles. The summed E-state index contributed by atoms with van der Waals surface area (Å²) in [6, 6.07) is 7.69. The van der Waals surface area contributed by atoms with Crippen molar-refractivity contribution in [3.05, 3.63) is 53.3 Å². The Kier molecular flexibility index (Phi) is 4.04. The number of aromatic nitrogens is 1. The zero-order chi connectivity index (χ0) is 13.9. The molecule has 1 heterocycles. The molecule has 3 N–H and O–H groups in total. The van der Waals surface area contributed by atoms with Crippen LogP contribution in [0.2, 0.25) is 5.02 Å². The monoisotopic (exact) mass is 297 g/mol. The minimum absolute atomic E-state index is 0.0820. The highest BCUT2D eigenvalue weighted by atomic mass is 35.5. The number of pyridine rings is 1. The average molecular weight is 298 g/mol. The van der Waals surface area contributed by atoms with Gasteiger partial charge < -0.3 is 5.73 Å². The summed E-state index contributed by atoms with van der Waals surface area (Å²) in [5.41, 5.74) is 6.56. The SMILES string of the molecule is NCc1ccc(S(=O)(=O)Nc2cccnc2)cc1Cl. The summed E-state index contributed by atoms with van der Waals surface area (Å²) in [5, 5.41) is 0.330.